The van der Waals surface area contributed by atoms with Gasteiger partial charge >= 0.3 is 5.97 Å². The van der Waals surface area contributed by atoms with Crippen LogP contribution in [0, 0.1) is 13.8 Å². The number of aromatic hydroxyl groups is 1. The van der Waals surface area contributed by atoms with Crippen molar-refractivity contribution in [2.45, 2.75) is 33.7 Å². The van der Waals surface area contributed by atoms with Crippen molar-refractivity contribution in [3.05, 3.63) is 52.8 Å². The fourth-order valence-electron chi connectivity index (χ4n) is 2.74. The summed E-state index contributed by atoms with van der Waals surface area (Å²) in [4.78, 5) is 24.2. The van der Waals surface area contributed by atoms with Gasteiger partial charge in [0.15, 0.2) is 6.61 Å². The Balaban J connectivity index is 2.07. The molecule has 1 heterocycles. The maximum Gasteiger partial charge on any atom is 0.338 e. The molecule has 1 aromatic carbocycles. The molecular weight excluding hydrogens is 294 g/mol. The highest BCUT2D eigenvalue weighted by atomic mass is 16.5. The van der Waals surface area contributed by atoms with Gasteiger partial charge in [-0.1, -0.05) is 0 Å². The number of ketones is 1. The van der Waals surface area contributed by atoms with E-state index < -0.39 is 5.97 Å². The molecular formula is C18H21NO4. The molecule has 0 fully saturated rings. The Labute approximate surface area is 135 Å². The number of aromatic nitrogens is 1. The largest absolute Gasteiger partial charge is 0.508 e. The molecule has 0 aliphatic carbocycles. The Bertz CT molecular complexity index is 726. The number of hydrogen-bond acceptors (Lipinski definition) is 4. The van der Waals surface area contributed by atoms with E-state index in [0.717, 1.165) is 11.4 Å². The number of benzene rings is 1. The minimum absolute atomic E-state index is 0.0683. The number of rotatable bonds is 5. The van der Waals surface area contributed by atoms with Crippen molar-refractivity contribution in [2.75, 3.05) is 6.61 Å². The molecule has 0 amide bonds. The molecule has 0 atom stereocenters. The lowest BCUT2D eigenvalue weighted by Crippen LogP contribution is -2.15. The fourth-order valence-corrected chi connectivity index (χ4v) is 2.74. The monoisotopic (exact) mass is 315 g/mol. The number of carbonyl (C=O) groups is 2. The average molecular weight is 315 g/mol. The Morgan fingerprint density at radius 3 is 2.30 bits per heavy atom. The summed E-state index contributed by atoms with van der Waals surface area (Å²) in [6.45, 7) is 7.65. The third-order valence-corrected chi connectivity index (χ3v) is 3.74. The maximum absolute atomic E-state index is 12.3. The molecule has 2 rings (SSSR count). The normalized spacial score (nSPS) is 10.8. The lowest BCUT2D eigenvalue weighted by molar-refractivity contribution is 0.0474. The van der Waals surface area contributed by atoms with Gasteiger partial charge in [0, 0.05) is 23.0 Å². The van der Waals surface area contributed by atoms with Crippen molar-refractivity contribution in [1.29, 1.82) is 0 Å². The summed E-state index contributed by atoms with van der Waals surface area (Å²) < 4.78 is 7.15. The van der Waals surface area contributed by atoms with Gasteiger partial charge in [-0.2, -0.15) is 0 Å². The number of aryl methyl sites for hydroxylation is 1. The minimum Gasteiger partial charge on any atom is -0.508 e. The van der Waals surface area contributed by atoms with Gasteiger partial charge in [0.2, 0.25) is 5.78 Å². The van der Waals surface area contributed by atoms with E-state index in [-0.39, 0.29) is 24.2 Å². The van der Waals surface area contributed by atoms with Crippen molar-refractivity contribution < 1.29 is 19.4 Å². The molecule has 5 nitrogen and oxygen atoms in total. The summed E-state index contributed by atoms with van der Waals surface area (Å²) >= 11 is 0. The molecule has 1 aromatic heterocycles. The first kappa shape index (κ1) is 16.8. The van der Waals surface area contributed by atoms with Gasteiger partial charge in [-0.25, -0.2) is 4.79 Å². The summed E-state index contributed by atoms with van der Waals surface area (Å²) in [7, 11) is 0. The molecule has 0 radical (unpaired) electrons. The van der Waals surface area contributed by atoms with Gasteiger partial charge in [-0.05, 0) is 58.0 Å². The van der Waals surface area contributed by atoms with E-state index >= 15 is 0 Å². The second-order valence-electron chi connectivity index (χ2n) is 5.79. The zero-order valence-electron chi connectivity index (χ0n) is 13.8. The SMILES string of the molecule is Cc1cc(C(=O)COC(=O)c2ccc(O)cc2)c(C)n1C(C)C. The second kappa shape index (κ2) is 6.69. The van der Waals surface area contributed by atoms with Gasteiger partial charge in [-0.3, -0.25) is 4.79 Å². The Hall–Kier alpha value is -2.56. The summed E-state index contributed by atoms with van der Waals surface area (Å²) in [6.07, 6.45) is 0. The smallest absolute Gasteiger partial charge is 0.338 e. The summed E-state index contributed by atoms with van der Waals surface area (Å²) in [5, 5.41) is 9.20. The number of phenols is 1. The Morgan fingerprint density at radius 1 is 1.17 bits per heavy atom. The van der Waals surface area contributed by atoms with E-state index in [0.29, 0.717) is 11.1 Å². The highest BCUT2D eigenvalue weighted by molar-refractivity contribution is 6.00. The quantitative estimate of drug-likeness (QED) is 0.678. The van der Waals surface area contributed by atoms with Gasteiger partial charge in [-0.15, -0.1) is 0 Å². The molecule has 0 aliphatic rings. The van der Waals surface area contributed by atoms with Crippen molar-refractivity contribution in [3.63, 3.8) is 0 Å². The van der Waals surface area contributed by atoms with Crippen LogP contribution in [0.3, 0.4) is 0 Å². The molecule has 5 heteroatoms. The molecule has 0 spiro atoms. The molecule has 0 bridgehead atoms. The van der Waals surface area contributed by atoms with Crippen LogP contribution in [0.5, 0.6) is 5.75 Å². The Kier molecular flexibility index (Phi) is 4.89. The van der Waals surface area contributed by atoms with Gasteiger partial charge in [0.25, 0.3) is 0 Å². The van der Waals surface area contributed by atoms with E-state index in [2.05, 4.69) is 18.4 Å². The number of phenolic OH excluding ortho intramolecular Hbond substituents is 1. The summed E-state index contributed by atoms with van der Waals surface area (Å²) in [5.41, 5.74) is 2.76. The first-order valence-corrected chi connectivity index (χ1v) is 7.49. The second-order valence-corrected chi connectivity index (χ2v) is 5.79. The number of Topliss-reactive ketones (excluding diaryl/α,β-unsaturated/α-hetero) is 1. The molecule has 0 aliphatic heterocycles. The average Bonchev–Trinajstić information content (AvgIpc) is 2.80. The number of esters is 1. The third kappa shape index (κ3) is 3.62. The van der Waals surface area contributed by atoms with E-state index in [4.69, 9.17) is 4.74 Å². The zero-order valence-corrected chi connectivity index (χ0v) is 13.8. The van der Waals surface area contributed by atoms with Gasteiger partial charge < -0.3 is 14.4 Å². The lowest BCUT2D eigenvalue weighted by atomic mass is 10.1. The first-order valence-electron chi connectivity index (χ1n) is 7.49. The zero-order chi connectivity index (χ0) is 17.1. The first-order chi connectivity index (χ1) is 10.8. The molecule has 0 saturated carbocycles. The van der Waals surface area contributed by atoms with Gasteiger partial charge in [0.05, 0.1) is 5.56 Å². The number of hydrogen-bond donors (Lipinski definition) is 1. The van der Waals surface area contributed by atoms with E-state index in [1.54, 1.807) is 0 Å². The maximum atomic E-state index is 12.3. The van der Waals surface area contributed by atoms with Crippen molar-refractivity contribution in [2.24, 2.45) is 0 Å². The van der Waals surface area contributed by atoms with Crippen LogP contribution in [0.1, 0.15) is 52.0 Å². The standard InChI is InChI=1S/C18H21NO4/c1-11(2)19-12(3)9-16(13(19)4)17(21)10-23-18(22)14-5-7-15(20)8-6-14/h5-9,11,20H,10H2,1-4H3. The van der Waals surface area contributed by atoms with E-state index in [1.165, 1.54) is 24.3 Å². The topological polar surface area (TPSA) is 68.5 Å². The predicted molar refractivity (Wildman–Crippen MR) is 87.0 cm³/mol. The van der Waals surface area contributed by atoms with Crippen LogP contribution >= 0.6 is 0 Å². The van der Waals surface area contributed by atoms with Gasteiger partial charge in [0.1, 0.15) is 5.75 Å². The van der Waals surface area contributed by atoms with Crippen LogP contribution in [-0.4, -0.2) is 28.0 Å². The summed E-state index contributed by atoms with van der Waals surface area (Å²) in [5.74, 6) is -0.744. The van der Waals surface area contributed by atoms with Crippen molar-refractivity contribution in [1.82, 2.24) is 4.57 Å². The number of nitrogens with zero attached hydrogens (tertiary/aromatic N) is 1. The number of ether oxygens (including phenoxy) is 1. The Morgan fingerprint density at radius 2 is 1.78 bits per heavy atom. The molecule has 0 unspecified atom stereocenters. The highest BCUT2D eigenvalue weighted by Crippen LogP contribution is 2.20. The number of carbonyl (C=O) groups excluding carboxylic acids is 2. The minimum atomic E-state index is -0.587. The van der Waals surface area contributed by atoms with Crippen LogP contribution in [0.25, 0.3) is 0 Å². The van der Waals surface area contributed by atoms with E-state index in [1.807, 2.05) is 19.9 Å². The predicted octanol–water partition coefficient (Wildman–Crippen LogP) is 3.43. The van der Waals surface area contributed by atoms with Crippen molar-refractivity contribution >= 4 is 11.8 Å². The molecule has 122 valence electrons. The van der Waals surface area contributed by atoms with Crippen LogP contribution in [0.15, 0.2) is 30.3 Å². The van der Waals surface area contributed by atoms with Crippen LogP contribution in [-0.2, 0) is 4.74 Å². The van der Waals surface area contributed by atoms with Crippen molar-refractivity contribution in [3.8, 4) is 5.75 Å². The van der Waals surface area contributed by atoms with Crippen LogP contribution < -0.4 is 0 Å². The lowest BCUT2D eigenvalue weighted by Gasteiger charge is -2.13. The van der Waals surface area contributed by atoms with E-state index in [9.17, 15) is 14.7 Å². The van der Waals surface area contributed by atoms with Crippen LogP contribution in [0.4, 0.5) is 0 Å². The van der Waals surface area contributed by atoms with Crippen LogP contribution in [0.2, 0.25) is 0 Å². The molecule has 23 heavy (non-hydrogen) atoms. The molecule has 2 aromatic rings. The molecule has 1 N–H and O–H groups in total. The fraction of sp³-hybridized carbons (Fsp3) is 0.333. The third-order valence-electron chi connectivity index (χ3n) is 3.74. The molecule has 0 saturated heterocycles. The summed E-state index contributed by atoms with van der Waals surface area (Å²) in [6, 6.07) is 7.78. The highest BCUT2D eigenvalue weighted by Gasteiger charge is 2.18.